The van der Waals surface area contributed by atoms with E-state index in [1.165, 1.54) is 6.07 Å². The second-order valence-corrected chi connectivity index (χ2v) is 6.61. The lowest BCUT2D eigenvalue weighted by Crippen LogP contribution is -2.05. The lowest BCUT2D eigenvalue weighted by molar-refractivity contribution is 0.297. The van der Waals surface area contributed by atoms with Crippen LogP contribution in [0.1, 0.15) is 11.1 Å². The van der Waals surface area contributed by atoms with E-state index in [9.17, 15) is 4.39 Å². The highest BCUT2D eigenvalue weighted by Gasteiger charge is 2.10. The van der Waals surface area contributed by atoms with Gasteiger partial charge in [-0.3, -0.25) is 0 Å². The lowest BCUT2D eigenvalue weighted by Gasteiger charge is -2.14. The minimum atomic E-state index is -0.383. The molecule has 0 heterocycles. The molecular weight excluding hydrogens is 388 g/mol. The van der Waals surface area contributed by atoms with Crippen molar-refractivity contribution >= 4 is 28.9 Å². The molecule has 3 aromatic carbocycles. The summed E-state index contributed by atoms with van der Waals surface area (Å²) >= 11 is 12.2. The second kappa shape index (κ2) is 8.98. The Bertz CT molecular complexity index is 914. The van der Waals surface area contributed by atoms with Crippen molar-refractivity contribution in [3.8, 4) is 11.5 Å². The van der Waals surface area contributed by atoms with Crippen molar-refractivity contribution in [2.75, 3.05) is 12.4 Å². The molecule has 0 radical (unpaired) electrons. The van der Waals surface area contributed by atoms with Crippen molar-refractivity contribution in [1.82, 2.24) is 0 Å². The van der Waals surface area contributed by atoms with Crippen molar-refractivity contribution in [3.05, 3.63) is 87.7 Å². The van der Waals surface area contributed by atoms with E-state index in [0.717, 1.165) is 11.3 Å². The summed E-state index contributed by atoms with van der Waals surface area (Å²) in [7, 11) is 1.57. The fourth-order valence-electron chi connectivity index (χ4n) is 2.58. The van der Waals surface area contributed by atoms with Gasteiger partial charge in [0.25, 0.3) is 0 Å². The molecule has 0 spiro atoms. The molecule has 0 aliphatic carbocycles. The first-order valence-electron chi connectivity index (χ1n) is 8.29. The predicted molar refractivity (Wildman–Crippen MR) is 108 cm³/mol. The van der Waals surface area contributed by atoms with Gasteiger partial charge in [-0.15, -0.1) is 0 Å². The number of ether oxygens (including phenoxy) is 2. The van der Waals surface area contributed by atoms with E-state index in [-0.39, 0.29) is 12.4 Å². The van der Waals surface area contributed by atoms with Gasteiger partial charge in [-0.1, -0.05) is 47.5 Å². The highest BCUT2D eigenvalue weighted by molar-refractivity contribution is 6.32. The van der Waals surface area contributed by atoms with Gasteiger partial charge in [0.15, 0.2) is 0 Å². The van der Waals surface area contributed by atoms with Crippen molar-refractivity contribution in [2.24, 2.45) is 0 Å². The molecule has 0 aliphatic rings. The fraction of sp³-hybridized carbons (Fsp3) is 0.143. The smallest absolute Gasteiger partial charge is 0.137 e. The summed E-state index contributed by atoms with van der Waals surface area (Å²) in [6, 6.07) is 17.6. The number of hydrogen-bond donors (Lipinski definition) is 1. The van der Waals surface area contributed by atoms with Crippen molar-refractivity contribution in [1.29, 1.82) is 0 Å². The number of para-hydroxylation sites is 1. The third-order valence-electron chi connectivity index (χ3n) is 4.04. The van der Waals surface area contributed by atoms with Gasteiger partial charge in [0.05, 0.1) is 17.2 Å². The maximum absolute atomic E-state index is 13.9. The number of halogens is 3. The summed E-state index contributed by atoms with van der Waals surface area (Å²) < 4.78 is 24.9. The van der Waals surface area contributed by atoms with Gasteiger partial charge < -0.3 is 14.8 Å². The average molecular weight is 406 g/mol. The quantitative estimate of drug-likeness (QED) is 0.497. The van der Waals surface area contributed by atoms with E-state index < -0.39 is 0 Å². The van der Waals surface area contributed by atoms with Crippen LogP contribution in [-0.4, -0.2) is 7.11 Å². The van der Waals surface area contributed by atoms with E-state index in [1.54, 1.807) is 31.4 Å². The minimum Gasteiger partial charge on any atom is -0.495 e. The largest absolute Gasteiger partial charge is 0.495 e. The van der Waals surface area contributed by atoms with Crippen LogP contribution in [0, 0.1) is 5.82 Å². The first-order valence-corrected chi connectivity index (χ1v) is 9.05. The lowest BCUT2D eigenvalue weighted by atomic mass is 10.2. The summed E-state index contributed by atoms with van der Waals surface area (Å²) in [5.41, 5.74) is 2.12. The van der Waals surface area contributed by atoms with Crippen molar-refractivity contribution in [2.45, 2.75) is 13.2 Å². The molecule has 0 aromatic heterocycles. The Balaban J connectivity index is 1.70. The third-order valence-corrected chi connectivity index (χ3v) is 4.69. The first-order chi connectivity index (χ1) is 13.1. The number of rotatable bonds is 7. The van der Waals surface area contributed by atoms with Crippen molar-refractivity contribution < 1.29 is 13.9 Å². The Hall–Kier alpha value is -2.43. The van der Waals surface area contributed by atoms with Gasteiger partial charge in [-0.2, -0.15) is 0 Å². The molecule has 1 N–H and O–H groups in total. The van der Waals surface area contributed by atoms with E-state index in [2.05, 4.69) is 5.32 Å². The zero-order chi connectivity index (χ0) is 19.2. The summed E-state index contributed by atoms with van der Waals surface area (Å²) in [5.74, 6) is 0.891. The summed E-state index contributed by atoms with van der Waals surface area (Å²) in [5, 5.41) is 4.17. The Kier molecular flexibility index (Phi) is 6.43. The Labute approximate surface area is 167 Å². The Morgan fingerprint density at radius 1 is 0.926 bits per heavy atom. The highest BCUT2D eigenvalue weighted by Crippen LogP contribution is 2.28. The zero-order valence-corrected chi connectivity index (χ0v) is 16.1. The van der Waals surface area contributed by atoms with Crippen molar-refractivity contribution in [3.63, 3.8) is 0 Å². The number of anilines is 1. The molecule has 0 saturated carbocycles. The van der Waals surface area contributed by atoms with Gasteiger partial charge in [-0.05, 0) is 36.4 Å². The van der Waals surface area contributed by atoms with E-state index in [0.29, 0.717) is 33.7 Å². The standard InChI is InChI=1S/C21H18Cl2FNO2/c1-26-21-10-9-15(11-18(21)23)25-12-14-5-2-3-8-20(14)27-13-16-17(22)6-4-7-19(16)24/h2-11,25H,12-13H2,1H3. The maximum atomic E-state index is 13.9. The third kappa shape index (κ3) is 4.85. The van der Waals surface area contributed by atoms with Crippen LogP contribution in [0.5, 0.6) is 11.5 Å². The molecule has 0 fully saturated rings. The van der Waals surface area contributed by atoms with Crippen LogP contribution in [0.2, 0.25) is 10.0 Å². The number of nitrogens with one attached hydrogen (secondary N) is 1. The molecule has 0 atom stereocenters. The molecule has 0 aliphatic heterocycles. The van der Waals surface area contributed by atoms with E-state index >= 15 is 0 Å². The average Bonchev–Trinajstić information content (AvgIpc) is 2.67. The van der Waals surface area contributed by atoms with Crippen LogP contribution in [0.25, 0.3) is 0 Å². The van der Waals surface area contributed by atoms with Gasteiger partial charge in [-0.25, -0.2) is 4.39 Å². The SMILES string of the molecule is COc1ccc(NCc2ccccc2OCc2c(F)cccc2Cl)cc1Cl. The molecule has 6 heteroatoms. The van der Waals surface area contributed by atoms with Crippen LogP contribution in [0.3, 0.4) is 0 Å². The Morgan fingerprint density at radius 2 is 1.74 bits per heavy atom. The van der Waals surface area contributed by atoms with Crippen LogP contribution in [-0.2, 0) is 13.2 Å². The molecule has 140 valence electrons. The van der Waals surface area contributed by atoms with Gasteiger partial charge in [0.1, 0.15) is 23.9 Å². The predicted octanol–water partition coefficient (Wildman–Crippen LogP) is 6.33. The molecule has 0 bridgehead atoms. The van der Waals surface area contributed by atoms with Gasteiger partial charge in [0, 0.05) is 23.4 Å². The molecule has 0 saturated heterocycles. The van der Waals surface area contributed by atoms with E-state index in [4.69, 9.17) is 32.7 Å². The first kappa shape index (κ1) is 19.3. The molecule has 3 aromatic rings. The molecule has 0 amide bonds. The number of hydrogen-bond acceptors (Lipinski definition) is 3. The molecule has 27 heavy (non-hydrogen) atoms. The number of methoxy groups -OCH3 is 1. The minimum absolute atomic E-state index is 0.0525. The monoisotopic (exact) mass is 405 g/mol. The topological polar surface area (TPSA) is 30.5 Å². The zero-order valence-electron chi connectivity index (χ0n) is 14.6. The van der Waals surface area contributed by atoms with Crippen LogP contribution in [0.15, 0.2) is 60.7 Å². The molecule has 3 nitrogen and oxygen atoms in total. The highest BCUT2D eigenvalue weighted by atomic mass is 35.5. The molecule has 3 rings (SSSR count). The summed E-state index contributed by atoms with van der Waals surface area (Å²) in [6.07, 6.45) is 0. The molecule has 0 unspecified atom stereocenters. The Morgan fingerprint density at radius 3 is 2.48 bits per heavy atom. The van der Waals surface area contributed by atoms with E-state index in [1.807, 2.05) is 30.3 Å². The molecular formula is C21H18Cl2FNO2. The van der Waals surface area contributed by atoms with Crippen LogP contribution < -0.4 is 14.8 Å². The second-order valence-electron chi connectivity index (χ2n) is 5.80. The van der Waals surface area contributed by atoms with Gasteiger partial charge in [0.2, 0.25) is 0 Å². The maximum Gasteiger partial charge on any atom is 0.137 e. The van der Waals surface area contributed by atoms with Crippen LogP contribution in [0.4, 0.5) is 10.1 Å². The summed E-state index contributed by atoms with van der Waals surface area (Å²) in [6.45, 7) is 0.570. The van der Waals surface area contributed by atoms with Crippen LogP contribution >= 0.6 is 23.2 Å². The number of benzene rings is 3. The normalized spacial score (nSPS) is 10.5. The summed E-state index contributed by atoms with van der Waals surface area (Å²) in [4.78, 5) is 0. The van der Waals surface area contributed by atoms with Gasteiger partial charge >= 0.3 is 0 Å². The fourth-order valence-corrected chi connectivity index (χ4v) is 3.06.